The minimum absolute atomic E-state index is 0. The molecular weight excluding hydrogens is 775 g/mol. The molecule has 0 aliphatic heterocycles. The molecule has 0 spiro atoms. The zero-order valence-electron chi connectivity index (χ0n) is 30.3. The summed E-state index contributed by atoms with van der Waals surface area (Å²) in [6.45, 7) is 19.8. The summed E-state index contributed by atoms with van der Waals surface area (Å²) in [6.07, 6.45) is 5.42. The molecule has 0 bridgehead atoms. The van der Waals surface area contributed by atoms with Crippen LogP contribution >= 0.6 is 0 Å². The van der Waals surface area contributed by atoms with E-state index in [0.29, 0.717) is 0 Å². The fraction of sp³-hybridized carbons (Fsp3) is 0.267. The van der Waals surface area contributed by atoms with Crippen molar-refractivity contribution in [1.29, 1.82) is 0 Å². The molecule has 3 nitrogen and oxygen atoms in total. The van der Waals surface area contributed by atoms with Crippen molar-refractivity contribution < 1.29 is 20.1 Å². The summed E-state index contributed by atoms with van der Waals surface area (Å²) in [5.41, 5.74) is 10.5. The summed E-state index contributed by atoms with van der Waals surface area (Å²) in [5.74, 6) is 0. The molecule has 0 N–H and O–H groups in total. The molecule has 3 aromatic heterocycles. The maximum absolute atomic E-state index is 4.31. The second-order valence-electron chi connectivity index (χ2n) is 14.9. The number of benzene rings is 3. The van der Waals surface area contributed by atoms with Crippen LogP contribution in [0.15, 0.2) is 128 Å². The van der Waals surface area contributed by atoms with Crippen molar-refractivity contribution in [3.63, 3.8) is 0 Å². The van der Waals surface area contributed by atoms with Crippen molar-refractivity contribution in [2.45, 2.75) is 78.6 Å². The molecule has 252 valence electrons. The van der Waals surface area contributed by atoms with Gasteiger partial charge in [0.25, 0.3) is 0 Å². The summed E-state index contributed by atoms with van der Waals surface area (Å²) in [7, 11) is 0. The Morgan fingerprint density at radius 3 is 0.796 bits per heavy atom. The van der Waals surface area contributed by atoms with Gasteiger partial charge < -0.3 is 15.0 Å². The Labute approximate surface area is 308 Å². The first-order chi connectivity index (χ1) is 22.7. The standard InChI is InChI=1S/3C15H16N.Ir/c3*1-15(2,3)13-9-7-12(8-10-13)14-6-4-5-11-16-14;/h3*4-7,9-11H,1-3H3;/q3*-1;+3. The van der Waals surface area contributed by atoms with Crippen LogP contribution in [-0.2, 0) is 36.4 Å². The maximum atomic E-state index is 4.31. The number of rotatable bonds is 3. The molecule has 49 heavy (non-hydrogen) atoms. The molecule has 3 heterocycles. The van der Waals surface area contributed by atoms with E-state index in [1.54, 1.807) is 18.6 Å². The monoisotopic (exact) mass is 823 g/mol. The van der Waals surface area contributed by atoms with Crippen LogP contribution < -0.4 is 0 Å². The van der Waals surface area contributed by atoms with Crippen molar-refractivity contribution in [2.75, 3.05) is 0 Å². The van der Waals surface area contributed by atoms with Crippen LogP contribution in [0.25, 0.3) is 33.8 Å². The van der Waals surface area contributed by atoms with Gasteiger partial charge in [-0.2, -0.15) is 0 Å². The third-order valence-electron chi connectivity index (χ3n) is 7.86. The van der Waals surface area contributed by atoms with Crippen LogP contribution in [0.4, 0.5) is 0 Å². The van der Waals surface area contributed by atoms with Gasteiger partial charge in [0.05, 0.1) is 0 Å². The van der Waals surface area contributed by atoms with Crippen molar-refractivity contribution in [2.24, 2.45) is 0 Å². The summed E-state index contributed by atoms with van der Waals surface area (Å²) < 4.78 is 0. The predicted octanol–water partition coefficient (Wildman–Crippen LogP) is 11.5. The van der Waals surface area contributed by atoms with Crippen LogP contribution in [-0.4, -0.2) is 15.0 Å². The number of aromatic nitrogens is 3. The van der Waals surface area contributed by atoms with Crippen molar-refractivity contribution in [3.05, 3.63) is 163 Å². The molecule has 0 atom stereocenters. The van der Waals surface area contributed by atoms with Crippen LogP contribution in [0.1, 0.15) is 79.0 Å². The van der Waals surface area contributed by atoms with Crippen molar-refractivity contribution >= 4 is 0 Å². The Balaban J connectivity index is 0.000000197. The molecule has 3 aromatic carbocycles. The van der Waals surface area contributed by atoms with E-state index in [4.69, 9.17) is 0 Å². The molecule has 6 aromatic rings. The first-order valence-electron chi connectivity index (χ1n) is 16.5. The van der Waals surface area contributed by atoms with Gasteiger partial charge in [-0.15, -0.1) is 106 Å². The van der Waals surface area contributed by atoms with Crippen LogP contribution in [0.5, 0.6) is 0 Å². The normalized spacial score (nSPS) is 11.2. The fourth-order valence-corrected chi connectivity index (χ4v) is 4.72. The largest absolute Gasteiger partial charge is 3.00 e. The Morgan fingerprint density at radius 1 is 0.367 bits per heavy atom. The zero-order chi connectivity index (χ0) is 34.8. The van der Waals surface area contributed by atoms with Crippen LogP contribution in [0.2, 0.25) is 0 Å². The molecule has 0 amide bonds. The van der Waals surface area contributed by atoms with Gasteiger partial charge in [0.1, 0.15) is 0 Å². The summed E-state index contributed by atoms with van der Waals surface area (Å²) in [4.78, 5) is 12.9. The molecular formula is C45H48IrN3. The average Bonchev–Trinajstić information content (AvgIpc) is 3.09. The Morgan fingerprint density at radius 2 is 0.633 bits per heavy atom. The number of hydrogen-bond donors (Lipinski definition) is 0. The first kappa shape index (κ1) is 39.2. The average molecular weight is 823 g/mol. The second kappa shape index (κ2) is 17.4. The van der Waals surface area contributed by atoms with Gasteiger partial charge in [0, 0.05) is 18.6 Å². The molecule has 0 unspecified atom stereocenters. The van der Waals surface area contributed by atoms with E-state index in [0.717, 1.165) is 33.8 Å². The van der Waals surface area contributed by atoms with Gasteiger partial charge in [-0.25, -0.2) is 0 Å². The quantitative estimate of drug-likeness (QED) is 0.167. The van der Waals surface area contributed by atoms with E-state index in [9.17, 15) is 0 Å². The molecule has 0 aliphatic rings. The van der Waals surface area contributed by atoms with E-state index < -0.39 is 0 Å². The van der Waals surface area contributed by atoms with Gasteiger partial charge in [0.2, 0.25) is 0 Å². The molecule has 0 aliphatic carbocycles. The smallest absolute Gasteiger partial charge is 0.305 e. The Hall–Kier alpha value is -4.24. The third-order valence-corrected chi connectivity index (χ3v) is 7.86. The third kappa shape index (κ3) is 12.0. The molecule has 0 fully saturated rings. The SMILES string of the molecule is CC(C)(C)c1c[c-]c(-c2ccccn2)cc1.CC(C)(C)c1c[c-]c(-c2ccccn2)cc1.CC(C)(C)c1c[c-]c(-c2ccccn2)cc1.[Ir+3]. The fourth-order valence-electron chi connectivity index (χ4n) is 4.72. The van der Waals surface area contributed by atoms with E-state index in [1.165, 1.54) is 16.7 Å². The van der Waals surface area contributed by atoms with Gasteiger partial charge in [-0.1, -0.05) is 98.7 Å². The first-order valence-corrected chi connectivity index (χ1v) is 16.5. The molecule has 0 saturated heterocycles. The van der Waals surface area contributed by atoms with E-state index in [1.807, 2.05) is 54.6 Å². The van der Waals surface area contributed by atoms with Gasteiger partial charge >= 0.3 is 20.1 Å². The van der Waals surface area contributed by atoms with Crippen LogP contribution in [0.3, 0.4) is 0 Å². The van der Waals surface area contributed by atoms with Crippen molar-refractivity contribution in [1.82, 2.24) is 15.0 Å². The minimum atomic E-state index is 0. The van der Waals surface area contributed by atoms with E-state index >= 15 is 0 Å². The Kier molecular flexibility index (Phi) is 13.9. The van der Waals surface area contributed by atoms with E-state index in [2.05, 4.69) is 150 Å². The van der Waals surface area contributed by atoms with E-state index in [-0.39, 0.29) is 36.4 Å². The topological polar surface area (TPSA) is 38.7 Å². The van der Waals surface area contributed by atoms with Gasteiger partial charge in [0.15, 0.2) is 0 Å². The van der Waals surface area contributed by atoms with Crippen molar-refractivity contribution in [3.8, 4) is 33.8 Å². The number of nitrogens with zero attached hydrogens (tertiary/aromatic N) is 3. The summed E-state index contributed by atoms with van der Waals surface area (Å²) in [6, 6.07) is 46.5. The molecule has 6 rings (SSSR count). The predicted molar refractivity (Wildman–Crippen MR) is 202 cm³/mol. The molecule has 0 radical (unpaired) electrons. The summed E-state index contributed by atoms with van der Waals surface area (Å²) >= 11 is 0. The number of hydrogen-bond acceptors (Lipinski definition) is 3. The second-order valence-corrected chi connectivity index (χ2v) is 14.9. The molecule has 0 saturated carbocycles. The van der Waals surface area contributed by atoms with Gasteiger partial charge in [-0.3, -0.25) is 0 Å². The van der Waals surface area contributed by atoms with Crippen LogP contribution in [0, 0.1) is 18.2 Å². The van der Waals surface area contributed by atoms with Gasteiger partial charge in [-0.05, 0) is 51.5 Å². The minimum Gasteiger partial charge on any atom is -0.305 e. The summed E-state index contributed by atoms with van der Waals surface area (Å²) in [5, 5.41) is 0. The Bertz CT molecular complexity index is 1580. The number of pyridine rings is 3. The zero-order valence-corrected chi connectivity index (χ0v) is 32.7. The molecule has 4 heteroatoms. The maximum Gasteiger partial charge on any atom is 3.00 e.